The van der Waals surface area contributed by atoms with Gasteiger partial charge in [0.2, 0.25) is 0 Å². The van der Waals surface area contributed by atoms with Crippen LogP contribution in [0.2, 0.25) is 0 Å². The molecule has 0 bridgehead atoms. The Kier molecular flexibility index (Phi) is 7.90. The second-order valence-electron chi connectivity index (χ2n) is 7.77. The van der Waals surface area contributed by atoms with E-state index in [2.05, 4.69) is 14.8 Å². The molecule has 0 spiro atoms. The summed E-state index contributed by atoms with van der Waals surface area (Å²) < 4.78 is 65.9. The van der Waals surface area contributed by atoms with Crippen molar-refractivity contribution in [2.75, 3.05) is 29.0 Å². The summed E-state index contributed by atoms with van der Waals surface area (Å²) >= 11 is 1.10. The highest BCUT2D eigenvalue weighted by Crippen LogP contribution is 2.31. The van der Waals surface area contributed by atoms with Gasteiger partial charge in [-0.1, -0.05) is 6.07 Å². The van der Waals surface area contributed by atoms with Gasteiger partial charge in [0.1, 0.15) is 15.7 Å². The van der Waals surface area contributed by atoms with Crippen LogP contribution in [0.3, 0.4) is 0 Å². The number of methoxy groups -OCH3 is 2. The number of hydrogen-bond acceptors (Lipinski definition) is 8. The number of carbonyl (C=O) groups is 1. The first kappa shape index (κ1) is 27.0. The van der Waals surface area contributed by atoms with E-state index in [1.165, 1.54) is 74.9 Å². The Bertz CT molecular complexity index is 1640. The monoisotopic (exact) mass is 573 g/mol. The van der Waals surface area contributed by atoms with Gasteiger partial charge in [-0.3, -0.25) is 14.2 Å². The lowest BCUT2D eigenvalue weighted by Crippen LogP contribution is -2.15. The van der Waals surface area contributed by atoms with E-state index in [1.807, 2.05) is 0 Å². The molecule has 0 unspecified atom stereocenters. The fraction of sp³-hybridized carbons (Fsp3) is 0.0800. The van der Waals surface area contributed by atoms with E-state index in [4.69, 9.17) is 9.47 Å². The van der Waals surface area contributed by atoms with Crippen molar-refractivity contribution < 1.29 is 31.1 Å². The van der Waals surface area contributed by atoms with Crippen molar-refractivity contribution in [3.05, 3.63) is 89.8 Å². The molecule has 4 rings (SSSR count). The highest BCUT2D eigenvalue weighted by atomic mass is 32.2. The average molecular weight is 574 g/mol. The largest absolute Gasteiger partial charge is 0.497 e. The second kappa shape index (κ2) is 11.1. The number of nitrogens with one attached hydrogen (secondary N) is 3. The van der Waals surface area contributed by atoms with Gasteiger partial charge in [0.15, 0.2) is 0 Å². The van der Waals surface area contributed by atoms with Crippen molar-refractivity contribution in [1.29, 1.82) is 0 Å². The summed E-state index contributed by atoms with van der Waals surface area (Å²) in [6, 6.07) is 19.4. The van der Waals surface area contributed by atoms with Gasteiger partial charge in [-0.15, -0.1) is 11.3 Å². The molecule has 4 aromatic rings. The van der Waals surface area contributed by atoms with E-state index < -0.39 is 26.0 Å². The topological polar surface area (TPSA) is 140 Å². The first-order chi connectivity index (χ1) is 18.1. The van der Waals surface area contributed by atoms with Gasteiger partial charge >= 0.3 is 0 Å². The standard InChI is InChI=1S/C25H23N3O7S3/c1-34-20-11-14-23(35-2)22(16-20)28-37(30,31)21-12-9-18(10-13-21)26-25(29)17-5-7-19(8-6-17)27-38(32,33)24-4-3-15-36-24/h3-16,27-28H,1-2H3,(H,26,29). The Morgan fingerprint density at radius 3 is 2.05 bits per heavy atom. The van der Waals surface area contributed by atoms with Crippen LogP contribution in [0.25, 0.3) is 0 Å². The van der Waals surface area contributed by atoms with Crippen molar-refractivity contribution in [3.63, 3.8) is 0 Å². The number of ether oxygens (including phenoxy) is 2. The van der Waals surface area contributed by atoms with Crippen molar-refractivity contribution in [2.24, 2.45) is 0 Å². The van der Waals surface area contributed by atoms with Gasteiger partial charge < -0.3 is 14.8 Å². The van der Waals surface area contributed by atoms with E-state index in [9.17, 15) is 21.6 Å². The normalized spacial score (nSPS) is 11.4. The van der Waals surface area contributed by atoms with Crippen molar-refractivity contribution in [3.8, 4) is 11.5 Å². The van der Waals surface area contributed by atoms with E-state index in [0.717, 1.165) is 11.3 Å². The molecule has 1 amide bonds. The van der Waals surface area contributed by atoms with Crippen molar-refractivity contribution >= 4 is 54.4 Å². The smallest absolute Gasteiger partial charge is 0.271 e. The van der Waals surface area contributed by atoms with Crippen molar-refractivity contribution in [2.45, 2.75) is 9.10 Å². The third kappa shape index (κ3) is 6.25. The van der Waals surface area contributed by atoms with Gasteiger partial charge in [0, 0.05) is 23.0 Å². The number of thiophene rings is 1. The van der Waals surface area contributed by atoms with Crippen LogP contribution in [0.15, 0.2) is 93.3 Å². The van der Waals surface area contributed by atoms with E-state index in [1.54, 1.807) is 23.6 Å². The van der Waals surface area contributed by atoms with Gasteiger partial charge in [-0.25, -0.2) is 16.8 Å². The van der Waals surface area contributed by atoms with Crippen LogP contribution in [-0.2, 0) is 20.0 Å². The molecule has 1 aromatic heterocycles. The van der Waals surface area contributed by atoms with Crippen LogP contribution in [0.1, 0.15) is 10.4 Å². The molecule has 0 aliphatic rings. The van der Waals surface area contributed by atoms with Crippen LogP contribution < -0.4 is 24.2 Å². The highest BCUT2D eigenvalue weighted by Gasteiger charge is 2.18. The van der Waals surface area contributed by atoms with Gasteiger partial charge in [0.05, 0.1) is 24.8 Å². The summed E-state index contributed by atoms with van der Waals surface area (Å²) in [5.74, 6) is 0.325. The fourth-order valence-corrected chi connectivity index (χ4v) is 6.44. The van der Waals surface area contributed by atoms with E-state index >= 15 is 0 Å². The number of hydrogen-bond donors (Lipinski definition) is 3. The number of benzene rings is 3. The molecule has 1 heterocycles. The molecule has 0 saturated heterocycles. The SMILES string of the molecule is COc1ccc(OC)c(NS(=O)(=O)c2ccc(NC(=O)c3ccc(NS(=O)(=O)c4cccs4)cc3)cc2)c1. The molecule has 3 aromatic carbocycles. The lowest BCUT2D eigenvalue weighted by atomic mass is 10.2. The molecule has 0 fully saturated rings. The van der Waals surface area contributed by atoms with Crippen LogP contribution in [0.4, 0.5) is 17.1 Å². The zero-order valence-corrected chi connectivity index (χ0v) is 22.6. The number of sulfonamides is 2. The first-order valence-electron chi connectivity index (χ1n) is 10.9. The second-order valence-corrected chi connectivity index (χ2v) is 12.3. The molecule has 0 aliphatic carbocycles. The van der Waals surface area contributed by atoms with E-state index in [-0.39, 0.29) is 20.4 Å². The summed E-state index contributed by atoms with van der Waals surface area (Å²) in [6.45, 7) is 0. The Morgan fingerprint density at radius 1 is 0.763 bits per heavy atom. The number of rotatable bonds is 10. The molecular formula is C25H23N3O7S3. The molecule has 10 nitrogen and oxygen atoms in total. The molecule has 198 valence electrons. The summed E-state index contributed by atoms with van der Waals surface area (Å²) in [6.07, 6.45) is 0. The molecule has 0 saturated carbocycles. The quantitative estimate of drug-likeness (QED) is 0.252. The lowest BCUT2D eigenvalue weighted by Gasteiger charge is -2.13. The Hall–Kier alpha value is -4.07. The molecular weight excluding hydrogens is 550 g/mol. The van der Waals surface area contributed by atoms with Crippen LogP contribution in [-0.4, -0.2) is 37.0 Å². The van der Waals surface area contributed by atoms with Gasteiger partial charge in [-0.2, -0.15) is 0 Å². The molecule has 0 radical (unpaired) electrons. The molecule has 38 heavy (non-hydrogen) atoms. The number of amides is 1. The Balaban J connectivity index is 1.42. The summed E-state index contributed by atoms with van der Waals surface area (Å²) in [5, 5.41) is 4.35. The molecule has 13 heteroatoms. The maximum atomic E-state index is 12.9. The fourth-order valence-electron chi connectivity index (χ4n) is 3.33. The summed E-state index contributed by atoms with van der Waals surface area (Å²) in [7, 11) is -4.76. The van der Waals surface area contributed by atoms with Gasteiger partial charge in [0.25, 0.3) is 26.0 Å². The maximum Gasteiger partial charge on any atom is 0.271 e. The summed E-state index contributed by atoms with van der Waals surface area (Å²) in [5.41, 5.74) is 1.18. The van der Waals surface area contributed by atoms with Crippen molar-refractivity contribution in [1.82, 2.24) is 0 Å². The predicted molar refractivity (Wildman–Crippen MR) is 146 cm³/mol. The Morgan fingerprint density at radius 2 is 1.45 bits per heavy atom. The first-order valence-corrected chi connectivity index (χ1v) is 14.8. The molecule has 0 atom stereocenters. The predicted octanol–water partition coefficient (Wildman–Crippen LogP) is 4.62. The summed E-state index contributed by atoms with van der Waals surface area (Å²) in [4.78, 5) is 12.6. The van der Waals surface area contributed by atoms with Crippen LogP contribution >= 0.6 is 11.3 Å². The van der Waals surface area contributed by atoms with Gasteiger partial charge in [-0.05, 0) is 72.1 Å². The minimum atomic E-state index is -3.96. The average Bonchev–Trinajstić information content (AvgIpc) is 3.45. The minimum absolute atomic E-state index is 0.0252. The maximum absolute atomic E-state index is 12.9. The highest BCUT2D eigenvalue weighted by molar-refractivity contribution is 7.94. The zero-order chi connectivity index (χ0) is 27.3. The van der Waals surface area contributed by atoms with Crippen LogP contribution in [0.5, 0.6) is 11.5 Å². The van der Waals surface area contributed by atoms with Crippen LogP contribution in [0, 0.1) is 0 Å². The number of carbonyl (C=O) groups excluding carboxylic acids is 1. The minimum Gasteiger partial charge on any atom is -0.497 e. The number of anilines is 3. The zero-order valence-electron chi connectivity index (χ0n) is 20.2. The Labute approximate surface area is 224 Å². The third-order valence-electron chi connectivity index (χ3n) is 5.23. The molecule has 3 N–H and O–H groups in total. The lowest BCUT2D eigenvalue weighted by molar-refractivity contribution is 0.102. The van der Waals surface area contributed by atoms with E-state index in [0.29, 0.717) is 22.9 Å². The molecule has 0 aliphatic heterocycles. The third-order valence-corrected chi connectivity index (χ3v) is 9.39.